The van der Waals surface area contributed by atoms with E-state index in [0.717, 1.165) is 0 Å². The van der Waals surface area contributed by atoms with Crippen molar-refractivity contribution in [2.45, 2.75) is 18.8 Å². The van der Waals surface area contributed by atoms with E-state index in [9.17, 15) is 13.6 Å². The third kappa shape index (κ3) is 4.45. The van der Waals surface area contributed by atoms with Crippen LogP contribution in [0.4, 0.5) is 8.78 Å². The molecule has 1 amide bonds. The van der Waals surface area contributed by atoms with Crippen LogP contribution in [0.3, 0.4) is 0 Å². The molecule has 0 radical (unpaired) electrons. The molecule has 2 rings (SSSR count). The Kier molecular flexibility index (Phi) is 4.54. The molecule has 0 spiro atoms. The first-order valence-electron chi connectivity index (χ1n) is 6.59. The molecule has 1 aliphatic carbocycles. The zero-order chi connectivity index (χ0) is 14.6. The molecule has 0 atom stereocenters. The SMILES string of the molecule is NCC(F)(F)CNC(=O)c1ccc(OCC2CC2)cc1. The second kappa shape index (κ2) is 6.17. The van der Waals surface area contributed by atoms with Gasteiger partial charge in [0, 0.05) is 5.56 Å². The van der Waals surface area contributed by atoms with E-state index in [0.29, 0.717) is 23.8 Å². The standard InChI is InChI=1S/C14H18F2N2O2/c15-14(16,8-17)9-18-13(19)11-3-5-12(6-4-11)20-7-10-1-2-10/h3-6,10H,1-2,7-9,17H2,(H,18,19). The van der Waals surface area contributed by atoms with E-state index in [1.165, 1.54) is 12.8 Å². The number of nitrogens with two attached hydrogens (primary N) is 1. The molecule has 6 heteroatoms. The van der Waals surface area contributed by atoms with Gasteiger partial charge in [-0.05, 0) is 43.0 Å². The minimum Gasteiger partial charge on any atom is -0.493 e. The molecule has 4 nitrogen and oxygen atoms in total. The minimum atomic E-state index is -3.08. The lowest BCUT2D eigenvalue weighted by molar-refractivity contribution is 0.0118. The van der Waals surface area contributed by atoms with Crippen LogP contribution in [0.25, 0.3) is 0 Å². The Hall–Kier alpha value is -1.69. The van der Waals surface area contributed by atoms with E-state index in [1.807, 2.05) is 0 Å². The highest BCUT2D eigenvalue weighted by atomic mass is 19.3. The van der Waals surface area contributed by atoms with Crippen LogP contribution in [-0.4, -0.2) is 31.5 Å². The number of rotatable bonds is 7. The number of halogens is 2. The number of ether oxygens (including phenoxy) is 1. The van der Waals surface area contributed by atoms with Gasteiger partial charge in [0.2, 0.25) is 0 Å². The van der Waals surface area contributed by atoms with Gasteiger partial charge in [0.25, 0.3) is 11.8 Å². The third-order valence-corrected chi connectivity index (χ3v) is 3.11. The summed E-state index contributed by atoms with van der Waals surface area (Å²) in [5.74, 6) is -2.30. The molecule has 110 valence electrons. The Balaban J connectivity index is 1.83. The third-order valence-electron chi connectivity index (χ3n) is 3.11. The van der Waals surface area contributed by atoms with Crippen molar-refractivity contribution >= 4 is 5.91 Å². The molecular formula is C14H18F2N2O2. The Bertz CT molecular complexity index is 459. The van der Waals surface area contributed by atoms with E-state index in [4.69, 9.17) is 10.5 Å². The number of carbonyl (C=O) groups is 1. The maximum Gasteiger partial charge on any atom is 0.277 e. The van der Waals surface area contributed by atoms with E-state index in [2.05, 4.69) is 5.32 Å². The lowest BCUT2D eigenvalue weighted by Gasteiger charge is -2.14. The summed E-state index contributed by atoms with van der Waals surface area (Å²) < 4.78 is 31.4. The molecule has 1 aromatic rings. The van der Waals surface area contributed by atoms with E-state index in [1.54, 1.807) is 24.3 Å². The summed E-state index contributed by atoms with van der Waals surface area (Å²) >= 11 is 0. The van der Waals surface area contributed by atoms with Crippen molar-refractivity contribution in [2.24, 2.45) is 11.7 Å². The number of amides is 1. The van der Waals surface area contributed by atoms with Gasteiger partial charge in [-0.2, -0.15) is 0 Å². The lowest BCUT2D eigenvalue weighted by atomic mass is 10.2. The van der Waals surface area contributed by atoms with Gasteiger partial charge < -0.3 is 15.8 Å². The highest BCUT2D eigenvalue weighted by Crippen LogP contribution is 2.29. The molecule has 0 unspecified atom stereocenters. The first kappa shape index (κ1) is 14.7. The predicted octanol–water partition coefficient (Wildman–Crippen LogP) is 1.80. The highest BCUT2D eigenvalue weighted by Gasteiger charge is 2.27. The van der Waals surface area contributed by atoms with Crippen LogP contribution in [-0.2, 0) is 0 Å². The zero-order valence-corrected chi connectivity index (χ0v) is 11.1. The van der Waals surface area contributed by atoms with E-state index in [-0.39, 0.29) is 0 Å². The summed E-state index contributed by atoms with van der Waals surface area (Å²) in [4.78, 5) is 11.7. The fourth-order valence-corrected chi connectivity index (χ4v) is 1.58. The Labute approximate surface area is 116 Å². The van der Waals surface area contributed by atoms with Crippen LogP contribution in [0.5, 0.6) is 5.75 Å². The summed E-state index contributed by atoms with van der Waals surface area (Å²) in [6, 6.07) is 6.44. The van der Waals surface area contributed by atoms with Crippen molar-refractivity contribution in [3.63, 3.8) is 0 Å². The predicted molar refractivity (Wildman–Crippen MR) is 71.0 cm³/mol. The fourth-order valence-electron chi connectivity index (χ4n) is 1.58. The topological polar surface area (TPSA) is 64.3 Å². The average molecular weight is 284 g/mol. The smallest absolute Gasteiger partial charge is 0.277 e. The second-order valence-corrected chi connectivity index (χ2v) is 5.02. The minimum absolute atomic E-state index is 0.316. The van der Waals surface area contributed by atoms with Gasteiger partial charge in [-0.1, -0.05) is 0 Å². The quantitative estimate of drug-likeness (QED) is 0.802. The van der Waals surface area contributed by atoms with Crippen molar-refractivity contribution in [1.82, 2.24) is 5.32 Å². The molecule has 20 heavy (non-hydrogen) atoms. The largest absolute Gasteiger partial charge is 0.493 e. The molecular weight excluding hydrogens is 266 g/mol. The van der Waals surface area contributed by atoms with Gasteiger partial charge in [0.15, 0.2) is 0 Å². The first-order chi connectivity index (χ1) is 9.50. The van der Waals surface area contributed by atoms with Crippen LogP contribution < -0.4 is 15.8 Å². The monoisotopic (exact) mass is 284 g/mol. The van der Waals surface area contributed by atoms with Crippen LogP contribution in [0.1, 0.15) is 23.2 Å². The summed E-state index contributed by atoms with van der Waals surface area (Å²) in [7, 11) is 0. The molecule has 3 N–H and O–H groups in total. The van der Waals surface area contributed by atoms with Crippen LogP contribution in [0, 0.1) is 5.92 Å². The van der Waals surface area contributed by atoms with Crippen LogP contribution in [0.2, 0.25) is 0 Å². The molecule has 1 fully saturated rings. The number of hydrogen-bond donors (Lipinski definition) is 2. The second-order valence-electron chi connectivity index (χ2n) is 5.02. The number of benzene rings is 1. The number of hydrogen-bond acceptors (Lipinski definition) is 3. The first-order valence-corrected chi connectivity index (χ1v) is 6.59. The van der Waals surface area contributed by atoms with E-state index >= 15 is 0 Å². The fraction of sp³-hybridized carbons (Fsp3) is 0.500. The number of nitrogens with one attached hydrogen (secondary N) is 1. The molecule has 0 aromatic heterocycles. The highest BCUT2D eigenvalue weighted by molar-refractivity contribution is 5.94. The van der Waals surface area contributed by atoms with Gasteiger partial charge in [-0.15, -0.1) is 0 Å². The Morgan fingerprint density at radius 1 is 1.35 bits per heavy atom. The Morgan fingerprint density at radius 2 is 2.00 bits per heavy atom. The van der Waals surface area contributed by atoms with Gasteiger partial charge in [0.05, 0.1) is 19.7 Å². The molecule has 1 aliphatic rings. The molecule has 0 bridgehead atoms. The normalized spacial score (nSPS) is 14.9. The summed E-state index contributed by atoms with van der Waals surface area (Å²) in [6.45, 7) is -0.863. The maximum atomic E-state index is 12.9. The summed E-state index contributed by atoms with van der Waals surface area (Å²) in [5, 5.41) is 2.16. The maximum absolute atomic E-state index is 12.9. The summed E-state index contributed by atoms with van der Waals surface area (Å²) in [6.07, 6.45) is 2.41. The summed E-state index contributed by atoms with van der Waals surface area (Å²) in [5.41, 5.74) is 5.21. The Morgan fingerprint density at radius 3 is 2.55 bits per heavy atom. The van der Waals surface area contributed by atoms with Crippen LogP contribution >= 0.6 is 0 Å². The number of alkyl halides is 2. The van der Waals surface area contributed by atoms with Gasteiger partial charge in [0.1, 0.15) is 5.75 Å². The van der Waals surface area contributed by atoms with Gasteiger partial charge in [-0.25, -0.2) is 8.78 Å². The number of carbonyl (C=O) groups excluding carboxylic acids is 1. The van der Waals surface area contributed by atoms with Crippen molar-refractivity contribution < 1.29 is 18.3 Å². The van der Waals surface area contributed by atoms with Crippen molar-refractivity contribution in [1.29, 1.82) is 0 Å². The van der Waals surface area contributed by atoms with Gasteiger partial charge >= 0.3 is 0 Å². The lowest BCUT2D eigenvalue weighted by Crippen LogP contribution is -2.41. The van der Waals surface area contributed by atoms with Crippen molar-refractivity contribution in [2.75, 3.05) is 19.7 Å². The average Bonchev–Trinajstić information content (AvgIpc) is 3.27. The van der Waals surface area contributed by atoms with Gasteiger partial charge in [-0.3, -0.25) is 4.79 Å². The van der Waals surface area contributed by atoms with Crippen molar-refractivity contribution in [3.05, 3.63) is 29.8 Å². The molecule has 0 heterocycles. The molecule has 0 aliphatic heterocycles. The zero-order valence-electron chi connectivity index (χ0n) is 11.1. The molecule has 0 saturated heterocycles. The van der Waals surface area contributed by atoms with Crippen molar-refractivity contribution in [3.8, 4) is 5.75 Å². The molecule has 1 saturated carbocycles. The molecule has 1 aromatic carbocycles. The van der Waals surface area contributed by atoms with E-state index < -0.39 is 24.9 Å². The van der Waals surface area contributed by atoms with Crippen LogP contribution in [0.15, 0.2) is 24.3 Å².